The van der Waals surface area contributed by atoms with E-state index in [2.05, 4.69) is 93.7 Å². The van der Waals surface area contributed by atoms with Gasteiger partial charge in [0.2, 0.25) is 0 Å². The first-order valence-corrected chi connectivity index (χ1v) is 16.4. The minimum atomic E-state index is -0.870. The molecule has 254 valence electrons. The Bertz CT molecular complexity index is 1580. The lowest BCUT2D eigenvalue weighted by Crippen LogP contribution is -2.24. The molecule has 0 aliphatic rings. The van der Waals surface area contributed by atoms with Crippen molar-refractivity contribution in [2.24, 2.45) is 0 Å². The van der Waals surface area contributed by atoms with Gasteiger partial charge in [-0.2, -0.15) is 0 Å². The lowest BCUT2D eigenvalue weighted by Gasteiger charge is -2.26. The molecule has 8 heteroatoms. The molecule has 6 rings (SSSR count). The number of carboxylic acids is 2. The molecule has 0 amide bonds. The number of anilines is 6. The van der Waals surface area contributed by atoms with Crippen molar-refractivity contribution >= 4 is 46.1 Å². The van der Waals surface area contributed by atoms with Crippen LogP contribution in [0.5, 0.6) is 0 Å². The smallest absolute Gasteiger partial charge is 0.303 e. The Morgan fingerprint density at radius 2 is 0.600 bits per heavy atom. The zero-order valence-electron chi connectivity index (χ0n) is 27.8. The van der Waals surface area contributed by atoms with E-state index < -0.39 is 11.9 Å². The molecule has 0 saturated carbocycles. The van der Waals surface area contributed by atoms with Gasteiger partial charge in [0.15, 0.2) is 0 Å². The third-order valence-corrected chi connectivity index (χ3v) is 7.12. The summed E-state index contributed by atoms with van der Waals surface area (Å²) < 4.78 is 0. The third kappa shape index (κ3) is 12.9. The van der Waals surface area contributed by atoms with Gasteiger partial charge >= 0.3 is 11.9 Å². The fourth-order valence-corrected chi connectivity index (χ4v) is 4.70. The van der Waals surface area contributed by atoms with Crippen molar-refractivity contribution in [1.82, 2.24) is 0 Å². The van der Waals surface area contributed by atoms with Crippen LogP contribution in [-0.4, -0.2) is 22.2 Å². The van der Waals surface area contributed by atoms with E-state index in [1.165, 1.54) is 0 Å². The lowest BCUT2D eigenvalue weighted by atomic mass is 10.2. The van der Waals surface area contributed by atoms with Crippen LogP contribution in [0.2, 0.25) is 0 Å². The molecule has 6 aromatic rings. The first-order valence-electron chi connectivity index (χ1n) is 16.4. The fourth-order valence-electron chi connectivity index (χ4n) is 4.70. The van der Waals surface area contributed by atoms with Crippen molar-refractivity contribution in [2.45, 2.75) is 25.7 Å². The normalized spacial score (nSPS) is 9.84. The first kappa shape index (κ1) is 36.3. The number of benzene rings is 6. The van der Waals surface area contributed by atoms with Gasteiger partial charge < -0.3 is 10.2 Å². The average molecular weight is 667 g/mol. The van der Waals surface area contributed by atoms with Crippen molar-refractivity contribution in [3.63, 3.8) is 0 Å². The van der Waals surface area contributed by atoms with Gasteiger partial charge in [0.05, 0.1) is 34.1 Å². The number of hydrogen-bond acceptors (Lipinski definition) is 6. The minimum Gasteiger partial charge on any atom is -0.481 e. The molecule has 0 aliphatic heterocycles. The summed E-state index contributed by atoms with van der Waals surface area (Å²) >= 11 is 0. The number of aliphatic carboxylic acids is 2. The fraction of sp³-hybridized carbons (Fsp3) is 0.0952. The van der Waals surface area contributed by atoms with Gasteiger partial charge in [-0.15, -0.1) is 0 Å². The van der Waals surface area contributed by atoms with Crippen LogP contribution in [0.25, 0.3) is 0 Å². The number of hydrogen-bond donors (Lipinski definition) is 4. The minimum absolute atomic E-state index is 0.0628. The van der Waals surface area contributed by atoms with Crippen LogP contribution in [0.15, 0.2) is 182 Å². The largest absolute Gasteiger partial charge is 0.481 e. The Labute approximate surface area is 293 Å². The van der Waals surface area contributed by atoms with Gasteiger partial charge in [0, 0.05) is 12.8 Å². The quantitative estimate of drug-likeness (QED) is 0.0713. The number of para-hydroxylation sites is 6. The van der Waals surface area contributed by atoms with Crippen LogP contribution < -0.4 is 20.9 Å². The van der Waals surface area contributed by atoms with Crippen molar-refractivity contribution in [3.8, 4) is 0 Å². The van der Waals surface area contributed by atoms with Crippen LogP contribution in [-0.2, 0) is 9.59 Å². The van der Waals surface area contributed by atoms with Gasteiger partial charge in [0.25, 0.3) is 0 Å². The van der Waals surface area contributed by atoms with E-state index >= 15 is 0 Å². The van der Waals surface area contributed by atoms with Crippen LogP contribution >= 0.6 is 0 Å². The van der Waals surface area contributed by atoms with E-state index in [0.717, 1.165) is 34.1 Å². The molecular formula is C42H42N4O4. The second-order valence-corrected chi connectivity index (χ2v) is 11.0. The highest BCUT2D eigenvalue weighted by Crippen LogP contribution is 2.27. The average Bonchev–Trinajstić information content (AvgIpc) is 3.17. The molecule has 6 aromatic carbocycles. The van der Waals surface area contributed by atoms with Gasteiger partial charge in [-0.3, -0.25) is 30.5 Å². The highest BCUT2D eigenvalue weighted by Gasteiger charge is 2.09. The van der Waals surface area contributed by atoms with Crippen LogP contribution in [0.3, 0.4) is 0 Å². The van der Waals surface area contributed by atoms with E-state index in [0.29, 0.717) is 12.8 Å². The van der Waals surface area contributed by atoms with Crippen molar-refractivity contribution in [3.05, 3.63) is 182 Å². The van der Waals surface area contributed by atoms with Gasteiger partial charge in [-0.05, 0) is 85.6 Å². The first-order chi connectivity index (χ1) is 24.5. The maximum Gasteiger partial charge on any atom is 0.303 e. The van der Waals surface area contributed by atoms with Crippen molar-refractivity contribution < 1.29 is 19.8 Å². The Kier molecular flexibility index (Phi) is 15.0. The summed E-state index contributed by atoms with van der Waals surface area (Å²) in [5.41, 5.74) is 13.4. The molecule has 0 atom stereocenters. The van der Waals surface area contributed by atoms with Gasteiger partial charge in [-0.1, -0.05) is 109 Å². The molecule has 50 heavy (non-hydrogen) atoms. The van der Waals surface area contributed by atoms with Crippen LogP contribution in [0.4, 0.5) is 34.1 Å². The second kappa shape index (κ2) is 20.6. The summed E-state index contributed by atoms with van der Waals surface area (Å²) in [7, 11) is 0. The molecule has 0 bridgehead atoms. The predicted molar refractivity (Wildman–Crippen MR) is 204 cm³/mol. The number of hydrazine groups is 2. The number of nitrogens with zero attached hydrogens (tertiary/aromatic N) is 2. The standard InChI is InChI=1S/2C18H16N2.C6H10O4/c2*1-4-10-16(11-5-1)19-20(17-12-6-2-7-13-17)18-14-8-3-9-15-18;7-5(8)3-1-2-4-6(9)10/h2*1-15,19H;1-4H2,(H,7,8)(H,9,10). The highest BCUT2D eigenvalue weighted by atomic mass is 16.4. The Hall–Kier alpha value is -6.54. The molecule has 0 radical (unpaired) electrons. The molecule has 0 spiro atoms. The number of carbonyl (C=O) groups is 2. The number of rotatable bonds is 13. The van der Waals surface area contributed by atoms with E-state index in [4.69, 9.17) is 10.2 Å². The molecule has 0 saturated heterocycles. The summed E-state index contributed by atoms with van der Waals surface area (Å²) in [6, 6.07) is 61.4. The summed E-state index contributed by atoms with van der Waals surface area (Å²) in [4.78, 5) is 19.8. The van der Waals surface area contributed by atoms with Crippen LogP contribution in [0, 0.1) is 0 Å². The number of nitrogens with one attached hydrogen (secondary N) is 2. The van der Waals surface area contributed by atoms with Crippen LogP contribution in [0.1, 0.15) is 25.7 Å². The molecule has 4 N–H and O–H groups in total. The molecule has 0 heterocycles. The van der Waals surface area contributed by atoms with E-state index in [9.17, 15) is 9.59 Å². The predicted octanol–water partition coefficient (Wildman–Crippen LogP) is 10.4. The molecule has 0 fully saturated rings. The Morgan fingerprint density at radius 3 is 0.820 bits per heavy atom. The zero-order chi connectivity index (χ0) is 35.2. The SMILES string of the molecule is O=C(O)CCCCC(=O)O.c1ccc(NN(c2ccccc2)c2ccccc2)cc1.c1ccc(NN(c2ccccc2)c2ccccc2)cc1. The zero-order valence-corrected chi connectivity index (χ0v) is 27.8. The molecule has 0 aromatic heterocycles. The number of carboxylic acid groups (broad SMARTS) is 2. The summed E-state index contributed by atoms with van der Waals surface area (Å²) in [5, 5.41) is 20.4. The maximum atomic E-state index is 9.90. The van der Waals surface area contributed by atoms with Gasteiger partial charge in [-0.25, -0.2) is 0 Å². The summed E-state index contributed by atoms with van der Waals surface area (Å²) in [6.07, 6.45) is 1.02. The van der Waals surface area contributed by atoms with Crippen molar-refractivity contribution in [1.29, 1.82) is 0 Å². The second-order valence-electron chi connectivity index (χ2n) is 11.0. The summed E-state index contributed by atoms with van der Waals surface area (Å²) in [6.45, 7) is 0. The number of unbranched alkanes of at least 4 members (excludes halogenated alkanes) is 1. The topological polar surface area (TPSA) is 105 Å². The summed E-state index contributed by atoms with van der Waals surface area (Å²) in [5.74, 6) is -1.74. The molecule has 0 aliphatic carbocycles. The molecule has 8 nitrogen and oxygen atoms in total. The monoisotopic (exact) mass is 666 g/mol. The highest BCUT2D eigenvalue weighted by molar-refractivity contribution is 5.69. The molecule has 0 unspecified atom stereocenters. The van der Waals surface area contributed by atoms with E-state index in [1.54, 1.807) is 0 Å². The van der Waals surface area contributed by atoms with E-state index in [-0.39, 0.29) is 12.8 Å². The molecular weight excluding hydrogens is 624 g/mol. The lowest BCUT2D eigenvalue weighted by molar-refractivity contribution is -0.139. The Morgan fingerprint density at radius 1 is 0.380 bits per heavy atom. The third-order valence-electron chi connectivity index (χ3n) is 7.12. The van der Waals surface area contributed by atoms with E-state index in [1.807, 2.05) is 109 Å². The van der Waals surface area contributed by atoms with Crippen molar-refractivity contribution in [2.75, 3.05) is 20.9 Å². The van der Waals surface area contributed by atoms with Gasteiger partial charge in [0.1, 0.15) is 0 Å². The Balaban J connectivity index is 0.000000179. The maximum absolute atomic E-state index is 9.90.